The van der Waals surface area contributed by atoms with Gasteiger partial charge < -0.3 is 8.58 Å². The number of rotatable bonds is 5. The third-order valence-electron chi connectivity index (χ3n) is 5.79. The van der Waals surface area contributed by atoms with E-state index in [0.29, 0.717) is 32.4 Å². The van der Waals surface area contributed by atoms with Crippen molar-refractivity contribution in [1.82, 2.24) is 4.40 Å². The number of hydrogen-bond donors (Lipinski definition) is 0. The van der Waals surface area contributed by atoms with Crippen LogP contribution in [0.3, 0.4) is 0 Å². The van der Waals surface area contributed by atoms with Gasteiger partial charge in [-0.1, -0.05) is 65.2 Å². The minimum absolute atomic E-state index is 0.0111. The monoisotopic (exact) mass is 532 g/mol. The number of aryl methyl sites for hydroxylation is 1. The summed E-state index contributed by atoms with van der Waals surface area (Å²) in [4.78, 5) is 0.0111. The molecule has 178 valence electrons. The second-order valence-electron chi connectivity index (χ2n) is 8.17. The number of pyridine rings is 1. The largest absolute Gasteiger partial charge is 0.376 e. The maximum atomic E-state index is 13.4. The zero-order valence-electron chi connectivity index (χ0n) is 18.9. The SMILES string of the molecule is Cc1ccc(S(=O)(=O)Oc2c(-c3ccc(Cl)cc3)c(-c3ccc(Cl)cc3)n3cccc(C#N)c23)cc1. The molecule has 5 nitrogen and oxygen atoms in total. The molecule has 0 unspecified atom stereocenters. The average Bonchev–Trinajstić information content (AvgIpc) is 3.19. The summed E-state index contributed by atoms with van der Waals surface area (Å²) in [5.74, 6) is 0.0556. The Morgan fingerprint density at radius 2 is 1.42 bits per heavy atom. The minimum atomic E-state index is -4.23. The highest BCUT2D eigenvalue weighted by atomic mass is 35.5. The Kier molecular flexibility index (Phi) is 6.23. The molecule has 0 spiro atoms. The van der Waals surface area contributed by atoms with Gasteiger partial charge in [-0.3, -0.25) is 0 Å². The zero-order valence-corrected chi connectivity index (χ0v) is 21.3. The molecule has 0 radical (unpaired) electrons. The van der Waals surface area contributed by atoms with Gasteiger partial charge in [0.2, 0.25) is 0 Å². The Labute approximate surface area is 218 Å². The molecule has 2 heterocycles. The standard InChI is InChI=1S/C28H18Cl2N2O3S/c1-18-4-14-24(15-5-18)36(33,34)35-28-25(19-6-10-22(29)11-7-19)26(20-8-12-23(30)13-9-20)32-16-2-3-21(17-31)27(28)32/h2-16H,1H3. The van der Waals surface area contributed by atoms with Gasteiger partial charge in [-0.15, -0.1) is 0 Å². The van der Waals surface area contributed by atoms with Crippen LogP contribution in [-0.4, -0.2) is 12.8 Å². The van der Waals surface area contributed by atoms with Crippen molar-refractivity contribution in [3.63, 3.8) is 0 Å². The van der Waals surface area contributed by atoms with Crippen LogP contribution in [0, 0.1) is 18.3 Å². The number of fused-ring (bicyclic) bond motifs is 1. The molecule has 2 aromatic heterocycles. The third-order valence-corrected chi connectivity index (χ3v) is 7.53. The first-order valence-electron chi connectivity index (χ1n) is 10.9. The summed E-state index contributed by atoms with van der Waals surface area (Å²) in [5.41, 5.74) is 4.11. The molecule has 36 heavy (non-hydrogen) atoms. The molecule has 0 atom stereocenters. The second-order valence-corrected chi connectivity index (χ2v) is 10.6. The molecule has 5 rings (SSSR count). The molecular weight excluding hydrogens is 515 g/mol. The zero-order chi connectivity index (χ0) is 25.4. The first-order chi connectivity index (χ1) is 17.3. The van der Waals surface area contributed by atoms with E-state index in [1.165, 1.54) is 12.1 Å². The smallest absolute Gasteiger partial charge is 0.339 e. The topological polar surface area (TPSA) is 71.6 Å². The van der Waals surface area contributed by atoms with Crippen molar-refractivity contribution < 1.29 is 12.6 Å². The lowest BCUT2D eigenvalue weighted by Crippen LogP contribution is -2.10. The Morgan fingerprint density at radius 1 is 0.833 bits per heavy atom. The minimum Gasteiger partial charge on any atom is -0.376 e. The van der Waals surface area contributed by atoms with Crippen LogP contribution in [0.25, 0.3) is 27.9 Å². The van der Waals surface area contributed by atoms with Gasteiger partial charge in [-0.05, 0) is 66.6 Å². The number of nitriles is 1. The fourth-order valence-corrected chi connectivity index (χ4v) is 5.28. The molecule has 0 N–H and O–H groups in total. The lowest BCUT2D eigenvalue weighted by molar-refractivity contribution is 0.489. The predicted octanol–water partition coefficient (Wildman–Crippen LogP) is 7.53. The molecule has 0 bridgehead atoms. The summed E-state index contributed by atoms with van der Waals surface area (Å²) in [6, 6.07) is 26.1. The van der Waals surface area contributed by atoms with Gasteiger partial charge in [0.05, 0.1) is 16.8 Å². The van der Waals surface area contributed by atoms with Gasteiger partial charge in [0, 0.05) is 16.2 Å². The van der Waals surface area contributed by atoms with E-state index in [-0.39, 0.29) is 16.2 Å². The van der Waals surface area contributed by atoms with Crippen LogP contribution in [-0.2, 0) is 10.1 Å². The molecule has 0 aliphatic carbocycles. The first kappa shape index (κ1) is 24.0. The van der Waals surface area contributed by atoms with E-state index in [0.717, 1.165) is 11.1 Å². The maximum absolute atomic E-state index is 13.4. The van der Waals surface area contributed by atoms with Crippen molar-refractivity contribution in [1.29, 1.82) is 5.26 Å². The van der Waals surface area contributed by atoms with E-state index in [2.05, 4.69) is 6.07 Å². The molecule has 0 saturated heterocycles. The maximum Gasteiger partial charge on any atom is 0.339 e. The lowest BCUT2D eigenvalue weighted by Gasteiger charge is -2.11. The highest BCUT2D eigenvalue weighted by molar-refractivity contribution is 7.87. The van der Waals surface area contributed by atoms with Crippen LogP contribution in [0.5, 0.6) is 5.75 Å². The van der Waals surface area contributed by atoms with E-state index in [1.54, 1.807) is 71.3 Å². The Hall–Kier alpha value is -3.76. The average molecular weight is 533 g/mol. The molecular formula is C28H18Cl2N2O3S. The summed E-state index contributed by atoms with van der Waals surface area (Å²) in [6.45, 7) is 1.87. The van der Waals surface area contributed by atoms with Crippen molar-refractivity contribution in [2.75, 3.05) is 0 Å². The molecule has 0 fully saturated rings. The highest BCUT2D eigenvalue weighted by Crippen LogP contribution is 2.46. The molecule has 8 heteroatoms. The van der Waals surface area contributed by atoms with Crippen LogP contribution < -0.4 is 4.18 Å². The van der Waals surface area contributed by atoms with Gasteiger partial charge in [0.15, 0.2) is 5.75 Å². The third kappa shape index (κ3) is 4.33. The molecule has 0 aliphatic heterocycles. The van der Waals surface area contributed by atoms with Crippen LogP contribution >= 0.6 is 23.2 Å². The summed E-state index contributed by atoms with van der Waals surface area (Å²) in [5, 5.41) is 11.0. The normalized spacial score (nSPS) is 11.4. The quantitative estimate of drug-likeness (QED) is 0.219. The molecule has 0 saturated carbocycles. The van der Waals surface area contributed by atoms with E-state index in [9.17, 15) is 13.7 Å². The fourth-order valence-electron chi connectivity index (χ4n) is 4.08. The van der Waals surface area contributed by atoms with Gasteiger partial charge in [0.1, 0.15) is 16.5 Å². The summed E-state index contributed by atoms with van der Waals surface area (Å²) in [6.07, 6.45) is 1.77. The number of benzene rings is 3. The van der Waals surface area contributed by atoms with E-state index < -0.39 is 10.1 Å². The second kappa shape index (κ2) is 9.36. The Balaban J connectivity index is 1.87. The summed E-state index contributed by atoms with van der Waals surface area (Å²) < 4.78 is 34.5. The van der Waals surface area contributed by atoms with Crippen LogP contribution in [0.2, 0.25) is 10.0 Å². The fraction of sp³-hybridized carbons (Fsp3) is 0.0357. The van der Waals surface area contributed by atoms with Gasteiger partial charge in [0.25, 0.3) is 0 Å². The number of nitrogens with zero attached hydrogens (tertiary/aromatic N) is 2. The first-order valence-corrected chi connectivity index (χ1v) is 13.0. The molecule has 3 aromatic carbocycles. The predicted molar refractivity (Wildman–Crippen MR) is 142 cm³/mol. The summed E-state index contributed by atoms with van der Waals surface area (Å²) in [7, 11) is -4.23. The van der Waals surface area contributed by atoms with Crippen LogP contribution in [0.15, 0.2) is 96.0 Å². The van der Waals surface area contributed by atoms with Gasteiger partial charge in [-0.2, -0.15) is 13.7 Å². The van der Waals surface area contributed by atoms with Crippen molar-refractivity contribution in [2.45, 2.75) is 11.8 Å². The van der Waals surface area contributed by atoms with Crippen molar-refractivity contribution in [3.8, 4) is 34.2 Å². The van der Waals surface area contributed by atoms with Crippen molar-refractivity contribution in [2.24, 2.45) is 0 Å². The van der Waals surface area contributed by atoms with E-state index >= 15 is 0 Å². The van der Waals surface area contributed by atoms with Crippen molar-refractivity contribution in [3.05, 3.63) is 112 Å². The Bertz CT molecular complexity index is 1740. The van der Waals surface area contributed by atoms with E-state index in [4.69, 9.17) is 27.4 Å². The number of halogens is 2. The number of hydrogen-bond acceptors (Lipinski definition) is 4. The van der Waals surface area contributed by atoms with Crippen LogP contribution in [0.4, 0.5) is 0 Å². The lowest BCUT2D eigenvalue weighted by atomic mass is 10.0. The van der Waals surface area contributed by atoms with Gasteiger partial charge >= 0.3 is 10.1 Å². The van der Waals surface area contributed by atoms with Crippen molar-refractivity contribution >= 4 is 38.8 Å². The molecule has 5 aromatic rings. The summed E-state index contributed by atoms with van der Waals surface area (Å²) >= 11 is 12.3. The molecule has 0 aliphatic rings. The number of aromatic nitrogens is 1. The molecule has 0 amide bonds. The van der Waals surface area contributed by atoms with Gasteiger partial charge in [-0.25, -0.2) is 0 Å². The van der Waals surface area contributed by atoms with E-state index in [1.807, 2.05) is 19.1 Å². The Morgan fingerprint density at radius 3 is 2.00 bits per heavy atom. The highest BCUT2D eigenvalue weighted by Gasteiger charge is 2.29. The van der Waals surface area contributed by atoms with Crippen LogP contribution in [0.1, 0.15) is 11.1 Å².